The predicted octanol–water partition coefficient (Wildman–Crippen LogP) is 2.53. The summed E-state index contributed by atoms with van der Waals surface area (Å²) in [7, 11) is 0. The fourth-order valence-electron chi connectivity index (χ4n) is 1.17. The highest BCUT2D eigenvalue weighted by atomic mass is 14.7. The Morgan fingerprint density at radius 3 is 1.23 bits per heavy atom. The minimum Gasteiger partial charge on any atom is -0.317 e. The summed E-state index contributed by atoms with van der Waals surface area (Å²) in [5.41, 5.74) is 0. The van der Waals surface area contributed by atoms with Crippen molar-refractivity contribution in [2.75, 3.05) is 19.6 Å². The molecule has 0 heterocycles. The highest BCUT2D eigenvalue weighted by Gasteiger charge is 2.12. The number of hydrogen-bond acceptors (Lipinski definition) is 0. The lowest BCUT2D eigenvalue weighted by Crippen LogP contribution is -2.04. The molecule has 0 radical (unpaired) electrons. The fraction of sp³-hybridized carbons (Fsp3) is 0.700. The average molecular weight is 175 g/mol. The first-order chi connectivity index (χ1) is 6.35. The van der Waals surface area contributed by atoms with Crippen molar-refractivity contribution >= 4 is 0 Å². The Labute approximate surface area is 79.8 Å². The van der Waals surface area contributed by atoms with Crippen LogP contribution < -0.4 is 0 Å². The largest absolute Gasteiger partial charge is 0.317 e. The molecular formula is C10H13N3. The molecule has 0 aromatic carbocycles. The first kappa shape index (κ1) is 11.5. The van der Waals surface area contributed by atoms with Gasteiger partial charge in [-0.05, 0) is 5.92 Å². The summed E-state index contributed by atoms with van der Waals surface area (Å²) < 4.78 is 0. The van der Waals surface area contributed by atoms with Gasteiger partial charge in [0.15, 0.2) is 0 Å². The number of hydrogen-bond donors (Lipinski definition) is 0. The van der Waals surface area contributed by atoms with E-state index >= 15 is 0 Å². The zero-order chi connectivity index (χ0) is 9.94. The summed E-state index contributed by atoms with van der Waals surface area (Å²) in [6, 6.07) is 0. The van der Waals surface area contributed by atoms with Crippen LogP contribution in [0.25, 0.3) is 14.5 Å². The molecule has 3 nitrogen and oxygen atoms in total. The summed E-state index contributed by atoms with van der Waals surface area (Å²) in [5.74, 6) is 0.400. The monoisotopic (exact) mass is 175 g/mol. The van der Waals surface area contributed by atoms with E-state index in [4.69, 9.17) is 19.7 Å². The standard InChI is InChI=1S/C10H13N3/c1-11-7-4-10(5-8-12-2)6-9-13-3/h10H,4-9H2. The maximum Gasteiger partial charge on any atom is 0.214 e. The van der Waals surface area contributed by atoms with E-state index in [1.54, 1.807) is 0 Å². The lowest BCUT2D eigenvalue weighted by Gasteiger charge is -2.06. The van der Waals surface area contributed by atoms with Crippen molar-refractivity contribution in [1.82, 2.24) is 0 Å². The van der Waals surface area contributed by atoms with Gasteiger partial charge in [-0.3, -0.25) is 0 Å². The molecule has 0 aromatic rings. The topological polar surface area (TPSA) is 13.1 Å². The number of rotatable bonds is 6. The van der Waals surface area contributed by atoms with E-state index in [0.717, 1.165) is 19.3 Å². The van der Waals surface area contributed by atoms with Crippen LogP contribution in [0.3, 0.4) is 0 Å². The first-order valence-electron chi connectivity index (χ1n) is 4.34. The number of nitrogens with zero attached hydrogens (tertiary/aromatic N) is 3. The highest BCUT2D eigenvalue weighted by Crippen LogP contribution is 2.13. The molecule has 0 bridgehead atoms. The van der Waals surface area contributed by atoms with Gasteiger partial charge in [0, 0.05) is 19.3 Å². The van der Waals surface area contributed by atoms with E-state index in [1.165, 1.54) is 0 Å². The highest BCUT2D eigenvalue weighted by molar-refractivity contribution is 4.73. The zero-order valence-electron chi connectivity index (χ0n) is 7.66. The SMILES string of the molecule is [C-]#[N+]CCC(CC[N+]#[C-])CC[N+]#[C-]. The third-order valence-corrected chi connectivity index (χ3v) is 1.95. The van der Waals surface area contributed by atoms with Crippen LogP contribution >= 0.6 is 0 Å². The summed E-state index contributed by atoms with van der Waals surface area (Å²) >= 11 is 0. The van der Waals surface area contributed by atoms with E-state index in [-0.39, 0.29) is 0 Å². The quantitative estimate of drug-likeness (QED) is 0.550. The van der Waals surface area contributed by atoms with E-state index in [2.05, 4.69) is 14.5 Å². The van der Waals surface area contributed by atoms with Crippen molar-refractivity contribution in [1.29, 1.82) is 0 Å². The molecule has 68 valence electrons. The van der Waals surface area contributed by atoms with Crippen molar-refractivity contribution in [2.24, 2.45) is 5.92 Å². The second-order valence-corrected chi connectivity index (χ2v) is 2.88. The molecule has 0 saturated heterocycles. The Morgan fingerprint density at radius 1 is 0.692 bits per heavy atom. The van der Waals surface area contributed by atoms with Gasteiger partial charge in [-0.1, -0.05) is 0 Å². The zero-order valence-corrected chi connectivity index (χ0v) is 7.66. The van der Waals surface area contributed by atoms with Crippen molar-refractivity contribution in [3.63, 3.8) is 0 Å². The fourth-order valence-corrected chi connectivity index (χ4v) is 1.17. The van der Waals surface area contributed by atoms with Crippen LogP contribution in [-0.4, -0.2) is 19.6 Å². The molecule has 0 aromatic heterocycles. The normalized spacial score (nSPS) is 8.77. The van der Waals surface area contributed by atoms with Gasteiger partial charge in [0.25, 0.3) is 0 Å². The Bertz CT molecular complexity index is 196. The van der Waals surface area contributed by atoms with E-state index in [0.29, 0.717) is 25.6 Å². The van der Waals surface area contributed by atoms with E-state index in [1.807, 2.05) is 0 Å². The third kappa shape index (κ3) is 6.85. The van der Waals surface area contributed by atoms with Crippen LogP contribution in [0.1, 0.15) is 19.3 Å². The van der Waals surface area contributed by atoms with Gasteiger partial charge < -0.3 is 14.5 Å². The van der Waals surface area contributed by atoms with Crippen molar-refractivity contribution < 1.29 is 0 Å². The lowest BCUT2D eigenvalue weighted by atomic mass is 9.98. The molecule has 0 rings (SSSR count). The van der Waals surface area contributed by atoms with Gasteiger partial charge in [0.05, 0.1) is 0 Å². The second-order valence-electron chi connectivity index (χ2n) is 2.88. The first-order valence-corrected chi connectivity index (χ1v) is 4.34. The van der Waals surface area contributed by atoms with Crippen LogP contribution in [0.15, 0.2) is 0 Å². The summed E-state index contributed by atoms with van der Waals surface area (Å²) in [4.78, 5) is 9.86. The smallest absolute Gasteiger partial charge is 0.214 e. The van der Waals surface area contributed by atoms with Crippen LogP contribution in [0, 0.1) is 25.6 Å². The van der Waals surface area contributed by atoms with Crippen LogP contribution in [0.2, 0.25) is 0 Å². The van der Waals surface area contributed by atoms with Gasteiger partial charge >= 0.3 is 0 Å². The molecule has 0 fully saturated rings. The molecule has 0 aliphatic rings. The Balaban J connectivity index is 3.70. The average Bonchev–Trinajstić information content (AvgIpc) is 2.17. The van der Waals surface area contributed by atoms with Gasteiger partial charge in [-0.15, -0.1) is 0 Å². The molecule has 3 heteroatoms. The summed E-state index contributed by atoms with van der Waals surface area (Å²) in [6.45, 7) is 21.5. The molecule has 0 spiro atoms. The summed E-state index contributed by atoms with van der Waals surface area (Å²) in [5, 5.41) is 0. The molecular weight excluding hydrogens is 162 g/mol. The van der Waals surface area contributed by atoms with Crippen LogP contribution in [0.5, 0.6) is 0 Å². The van der Waals surface area contributed by atoms with Crippen LogP contribution in [-0.2, 0) is 0 Å². The van der Waals surface area contributed by atoms with Crippen molar-refractivity contribution in [3.8, 4) is 0 Å². The minimum atomic E-state index is 0.400. The maximum atomic E-state index is 6.65. The molecule has 0 unspecified atom stereocenters. The molecule has 0 saturated carbocycles. The maximum absolute atomic E-state index is 6.65. The third-order valence-electron chi connectivity index (χ3n) is 1.95. The van der Waals surface area contributed by atoms with E-state index in [9.17, 15) is 0 Å². The molecule has 0 aliphatic heterocycles. The molecule has 0 N–H and O–H groups in total. The van der Waals surface area contributed by atoms with Crippen LogP contribution in [0.4, 0.5) is 0 Å². The Hall–Kier alpha value is -1.53. The Morgan fingerprint density at radius 2 is 1.00 bits per heavy atom. The molecule has 0 aliphatic carbocycles. The van der Waals surface area contributed by atoms with Crippen molar-refractivity contribution in [3.05, 3.63) is 34.3 Å². The lowest BCUT2D eigenvalue weighted by molar-refractivity contribution is 0.464. The van der Waals surface area contributed by atoms with Gasteiger partial charge in [0.2, 0.25) is 19.6 Å². The molecule has 0 atom stereocenters. The summed E-state index contributed by atoms with van der Waals surface area (Å²) in [6.07, 6.45) is 2.53. The molecule has 0 amide bonds. The molecule has 13 heavy (non-hydrogen) atoms. The van der Waals surface area contributed by atoms with Gasteiger partial charge in [0.1, 0.15) is 0 Å². The second kappa shape index (κ2) is 8.57. The van der Waals surface area contributed by atoms with Crippen molar-refractivity contribution in [2.45, 2.75) is 19.3 Å². The minimum absolute atomic E-state index is 0.400. The Kier molecular flexibility index (Phi) is 7.56. The van der Waals surface area contributed by atoms with E-state index < -0.39 is 0 Å². The van der Waals surface area contributed by atoms with Gasteiger partial charge in [-0.25, -0.2) is 19.7 Å². The van der Waals surface area contributed by atoms with Gasteiger partial charge in [-0.2, -0.15) is 0 Å². The predicted molar refractivity (Wildman–Crippen MR) is 51.7 cm³/mol.